The Kier molecular flexibility index (Phi) is 7.81. The van der Waals surface area contributed by atoms with Gasteiger partial charge in [0.2, 0.25) is 5.95 Å². The highest BCUT2D eigenvalue weighted by atomic mass is 35.5. The van der Waals surface area contributed by atoms with E-state index in [0.29, 0.717) is 31.0 Å². The number of fused-ring (bicyclic) bond motifs is 1. The molecule has 0 saturated carbocycles. The van der Waals surface area contributed by atoms with Gasteiger partial charge in [0, 0.05) is 19.3 Å². The molecule has 10 heteroatoms. The van der Waals surface area contributed by atoms with Crippen LogP contribution in [-0.4, -0.2) is 37.9 Å². The molecule has 39 heavy (non-hydrogen) atoms. The fraction of sp³-hybridized carbons (Fsp3) is 0.207. The summed E-state index contributed by atoms with van der Waals surface area (Å²) < 4.78 is 33.4. The molecule has 0 saturated heterocycles. The van der Waals surface area contributed by atoms with Gasteiger partial charge in [0.25, 0.3) is 15.9 Å². The number of ether oxygens (including phenoxy) is 1. The molecule has 1 amide bonds. The number of carbonyl (C=O) groups excluding carboxylic acids is 1. The van der Waals surface area contributed by atoms with Gasteiger partial charge in [-0.25, -0.2) is 23.1 Å². The number of rotatable bonds is 8. The minimum Gasteiger partial charge on any atom is -0.497 e. The lowest BCUT2D eigenvalue weighted by molar-refractivity contribution is 0.0979. The first-order chi connectivity index (χ1) is 18.8. The van der Waals surface area contributed by atoms with Gasteiger partial charge in [0.1, 0.15) is 10.6 Å². The summed E-state index contributed by atoms with van der Waals surface area (Å²) in [7, 11) is -2.60. The van der Waals surface area contributed by atoms with E-state index in [1.807, 2.05) is 36.4 Å². The first-order valence-electron chi connectivity index (χ1n) is 12.5. The second-order valence-corrected chi connectivity index (χ2v) is 11.2. The molecule has 1 N–H and O–H groups in total. The van der Waals surface area contributed by atoms with Gasteiger partial charge in [0.15, 0.2) is 0 Å². The van der Waals surface area contributed by atoms with Crippen molar-refractivity contribution in [3.63, 3.8) is 0 Å². The number of benzene rings is 3. The lowest BCUT2D eigenvalue weighted by atomic mass is 10.0. The van der Waals surface area contributed by atoms with E-state index < -0.39 is 15.9 Å². The van der Waals surface area contributed by atoms with E-state index in [9.17, 15) is 13.2 Å². The molecule has 8 nitrogen and oxygen atoms in total. The zero-order valence-electron chi connectivity index (χ0n) is 21.3. The number of aryl methyl sites for hydroxylation is 2. The third kappa shape index (κ3) is 6.05. The van der Waals surface area contributed by atoms with Gasteiger partial charge in [-0.05, 0) is 60.2 Å². The SMILES string of the molecule is COc1cccc(CCc2nc(N3CCc4ccccc4C3)ncc2C(=O)NS(=O)(=O)c2ccccc2Cl)c1. The smallest absolute Gasteiger partial charge is 0.268 e. The normalized spacial score (nSPS) is 13.0. The average Bonchev–Trinajstić information content (AvgIpc) is 2.95. The van der Waals surface area contributed by atoms with Crippen molar-refractivity contribution in [2.45, 2.75) is 30.7 Å². The molecule has 1 aliphatic heterocycles. The summed E-state index contributed by atoms with van der Waals surface area (Å²) >= 11 is 6.08. The van der Waals surface area contributed by atoms with Crippen molar-refractivity contribution >= 4 is 33.5 Å². The fourth-order valence-electron chi connectivity index (χ4n) is 4.59. The van der Waals surface area contributed by atoms with E-state index in [1.165, 1.54) is 29.5 Å². The Morgan fingerprint density at radius 1 is 1.03 bits per heavy atom. The van der Waals surface area contributed by atoms with Crippen LogP contribution in [0.25, 0.3) is 0 Å². The van der Waals surface area contributed by atoms with Crippen LogP contribution in [0.3, 0.4) is 0 Å². The van der Waals surface area contributed by atoms with Crippen LogP contribution in [0, 0.1) is 0 Å². The lowest BCUT2D eigenvalue weighted by Crippen LogP contribution is -2.34. The first kappa shape index (κ1) is 26.6. The number of sulfonamides is 1. The van der Waals surface area contributed by atoms with Crippen molar-refractivity contribution in [2.75, 3.05) is 18.6 Å². The number of methoxy groups -OCH3 is 1. The van der Waals surface area contributed by atoms with Gasteiger partial charge in [-0.1, -0.05) is 60.1 Å². The van der Waals surface area contributed by atoms with Crippen LogP contribution in [0.15, 0.2) is 83.9 Å². The van der Waals surface area contributed by atoms with Crippen LogP contribution in [0.4, 0.5) is 5.95 Å². The number of carbonyl (C=O) groups is 1. The zero-order chi connectivity index (χ0) is 27.4. The monoisotopic (exact) mass is 562 g/mol. The standard InChI is InChI=1S/C29H27ClN4O4S/c1-38-23-10-6-7-20(17-23)13-14-26-24(28(35)33-39(36,37)27-12-5-4-11-25(27)30)18-31-29(32-26)34-16-15-21-8-2-3-9-22(21)19-34/h2-12,17-18H,13-16,19H2,1H3,(H,33,35). The number of nitrogens with zero attached hydrogens (tertiary/aromatic N) is 3. The number of hydrogen-bond donors (Lipinski definition) is 1. The summed E-state index contributed by atoms with van der Waals surface area (Å²) in [6.45, 7) is 1.39. The van der Waals surface area contributed by atoms with Gasteiger partial charge in [-0.2, -0.15) is 0 Å². The van der Waals surface area contributed by atoms with Crippen molar-refractivity contribution in [1.82, 2.24) is 14.7 Å². The maximum Gasteiger partial charge on any atom is 0.268 e. The van der Waals surface area contributed by atoms with Gasteiger partial charge in [-0.15, -0.1) is 0 Å². The molecule has 2 heterocycles. The maximum atomic E-state index is 13.3. The molecule has 4 aromatic rings. The zero-order valence-corrected chi connectivity index (χ0v) is 22.9. The van der Waals surface area contributed by atoms with Crippen molar-refractivity contribution in [3.8, 4) is 5.75 Å². The molecular weight excluding hydrogens is 536 g/mol. The Bertz CT molecular complexity index is 1630. The third-order valence-electron chi connectivity index (χ3n) is 6.65. The molecule has 0 aliphatic carbocycles. The molecule has 3 aromatic carbocycles. The van der Waals surface area contributed by atoms with E-state index in [4.69, 9.17) is 21.3 Å². The summed E-state index contributed by atoms with van der Waals surface area (Å²) in [4.78, 5) is 24.4. The Morgan fingerprint density at radius 3 is 2.59 bits per heavy atom. The van der Waals surface area contributed by atoms with Crippen LogP contribution < -0.4 is 14.4 Å². The molecule has 1 aliphatic rings. The number of nitrogens with one attached hydrogen (secondary N) is 1. The van der Waals surface area contributed by atoms with Gasteiger partial charge in [0.05, 0.1) is 23.4 Å². The lowest BCUT2D eigenvalue weighted by Gasteiger charge is -2.29. The number of aromatic nitrogens is 2. The van der Waals surface area contributed by atoms with Crippen LogP contribution >= 0.6 is 11.6 Å². The molecule has 0 radical (unpaired) electrons. The van der Waals surface area contributed by atoms with Gasteiger partial charge in [-0.3, -0.25) is 4.79 Å². The van der Waals surface area contributed by atoms with E-state index in [-0.39, 0.29) is 15.5 Å². The summed E-state index contributed by atoms with van der Waals surface area (Å²) in [6, 6.07) is 21.9. The molecule has 1 aromatic heterocycles. The number of amides is 1. The predicted molar refractivity (Wildman–Crippen MR) is 150 cm³/mol. The second kappa shape index (κ2) is 11.4. The molecule has 5 rings (SSSR count). The Labute approximate surface area is 232 Å². The molecule has 200 valence electrons. The first-order valence-corrected chi connectivity index (χ1v) is 14.3. The summed E-state index contributed by atoms with van der Waals surface area (Å²) in [5, 5.41) is 0.0213. The summed E-state index contributed by atoms with van der Waals surface area (Å²) in [5.74, 6) is 0.411. The molecule has 0 atom stereocenters. The minimum atomic E-state index is -4.21. The van der Waals surface area contributed by atoms with E-state index in [1.54, 1.807) is 19.2 Å². The van der Waals surface area contributed by atoms with Crippen molar-refractivity contribution in [1.29, 1.82) is 0 Å². The van der Waals surface area contributed by atoms with Crippen molar-refractivity contribution in [2.24, 2.45) is 0 Å². The predicted octanol–water partition coefficient (Wildman–Crippen LogP) is 4.61. The minimum absolute atomic E-state index is 0.0213. The maximum absolute atomic E-state index is 13.3. The number of anilines is 1. The largest absolute Gasteiger partial charge is 0.497 e. The summed E-state index contributed by atoms with van der Waals surface area (Å²) in [6.07, 6.45) is 3.22. The van der Waals surface area contributed by atoms with Crippen LogP contribution in [0.5, 0.6) is 5.75 Å². The fourth-order valence-corrected chi connectivity index (χ4v) is 6.08. The Morgan fingerprint density at radius 2 is 1.79 bits per heavy atom. The second-order valence-electron chi connectivity index (χ2n) is 9.19. The third-order valence-corrected chi connectivity index (χ3v) is 8.48. The van der Waals surface area contributed by atoms with Crippen LogP contribution in [0.1, 0.15) is 32.7 Å². The Balaban J connectivity index is 1.45. The number of hydrogen-bond acceptors (Lipinski definition) is 7. The molecular formula is C29H27ClN4O4S. The number of halogens is 1. The van der Waals surface area contributed by atoms with Crippen LogP contribution in [0.2, 0.25) is 5.02 Å². The molecule has 0 unspecified atom stereocenters. The highest BCUT2D eigenvalue weighted by Gasteiger charge is 2.25. The highest BCUT2D eigenvalue weighted by molar-refractivity contribution is 7.90. The van der Waals surface area contributed by atoms with Crippen LogP contribution in [-0.2, 0) is 35.8 Å². The molecule has 0 fully saturated rings. The van der Waals surface area contributed by atoms with Crippen molar-refractivity contribution < 1.29 is 17.9 Å². The highest BCUT2D eigenvalue weighted by Crippen LogP contribution is 2.25. The average molecular weight is 563 g/mol. The molecule has 0 bridgehead atoms. The topological polar surface area (TPSA) is 101 Å². The van der Waals surface area contributed by atoms with Gasteiger partial charge >= 0.3 is 0 Å². The van der Waals surface area contributed by atoms with E-state index in [0.717, 1.165) is 24.3 Å². The Hall–Kier alpha value is -3.95. The quantitative estimate of drug-likeness (QED) is 0.335. The van der Waals surface area contributed by atoms with Gasteiger partial charge < -0.3 is 9.64 Å². The van der Waals surface area contributed by atoms with E-state index in [2.05, 4.69) is 26.7 Å². The summed E-state index contributed by atoms with van der Waals surface area (Å²) in [5.41, 5.74) is 4.05. The van der Waals surface area contributed by atoms with Crippen molar-refractivity contribution in [3.05, 3.63) is 112 Å². The van der Waals surface area contributed by atoms with E-state index >= 15 is 0 Å². The molecule has 0 spiro atoms.